The van der Waals surface area contributed by atoms with Crippen LogP contribution in [0.3, 0.4) is 0 Å². The zero-order valence-corrected chi connectivity index (χ0v) is 19.4. The van der Waals surface area contributed by atoms with Crippen LogP contribution in [0.5, 0.6) is 0 Å². The number of fused-ring (bicyclic) bond motifs is 1. The molecule has 0 nitrogen and oxygen atoms in total. The smallest absolute Gasteiger partial charge is 0.0352 e. The Kier molecular flexibility index (Phi) is 8.22. The van der Waals surface area contributed by atoms with Crippen molar-refractivity contribution in [2.24, 2.45) is 0 Å². The Labute approximate surface area is 181 Å². The van der Waals surface area contributed by atoms with Gasteiger partial charge in [0.05, 0.1) is 0 Å². The highest BCUT2D eigenvalue weighted by atomic mass is 32.1. The second-order valence-electron chi connectivity index (χ2n) is 8.12. The molecule has 0 fully saturated rings. The fourth-order valence-corrected chi connectivity index (χ4v) is 4.41. The molecule has 0 saturated heterocycles. The number of rotatable bonds is 5. The Morgan fingerprint density at radius 1 is 1.00 bits per heavy atom. The first-order valence-corrected chi connectivity index (χ1v) is 11.2. The lowest BCUT2D eigenvalue weighted by atomic mass is 9.86. The van der Waals surface area contributed by atoms with Gasteiger partial charge in [0, 0.05) is 20.5 Å². The van der Waals surface area contributed by atoms with Crippen LogP contribution in [0.25, 0.3) is 21.2 Å². The summed E-state index contributed by atoms with van der Waals surface area (Å²) < 4.78 is 1.40. The third kappa shape index (κ3) is 5.81. The second kappa shape index (κ2) is 10.4. The predicted octanol–water partition coefficient (Wildman–Crippen LogP) is 9.12. The van der Waals surface area contributed by atoms with Gasteiger partial charge < -0.3 is 0 Å². The molecular formula is C28H34S. The van der Waals surface area contributed by atoms with E-state index in [1.807, 2.05) is 23.5 Å². The van der Waals surface area contributed by atoms with Crippen LogP contribution < -0.4 is 0 Å². The third-order valence-electron chi connectivity index (χ3n) is 5.01. The number of thiophene rings is 1. The highest BCUT2D eigenvalue weighted by Gasteiger charge is 2.18. The number of allylic oxidation sites excluding steroid dienone is 4. The molecule has 2 aromatic carbocycles. The van der Waals surface area contributed by atoms with Crippen molar-refractivity contribution in [3.63, 3.8) is 0 Å². The lowest BCUT2D eigenvalue weighted by Gasteiger charge is -2.19. The molecule has 0 spiro atoms. The van der Waals surface area contributed by atoms with Crippen LogP contribution in [-0.2, 0) is 11.8 Å². The Hall–Kier alpha value is -2.38. The van der Waals surface area contributed by atoms with Crippen molar-refractivity contribution in [2.75, 3.05) is 0 Å². The minimum Gasteiger partial charge on any atom is -0.140 e. The quantitative estimate of drug-likeness (QED) is 0.373. The van der Waals surface area contributed by atoms with E-state index in [0.717, 1.165) is 12.8 Å². The largest absolute Gasteiger partial charge is 0.140 e. The first-order chi connectivity index (χ1) is 13.8. The first kappa shape index (κ1) is 22.9. The van der Waals surface area contributed by atoms with Crippen molar-refractivity contribution >= 4 is 21.4 Å². The molecule has 152 valence electrons. The molecule has 0 unspecified atom stereocenters. The molecule has 3 rings (SSSR count). The van der Waals surface area contributed by atoms with E-state index >= 15 is 0 Å². The molecule has 0 aliphatic heterocycles. The lowest BCUT2D eigenvalue weighted by Crippen LogP contribution is -2.10. The van der Waals surface area contributed by atoms with E-state index in [0.29, 0.717) is 0 Å². The van der Waals surface area contributed by atoms with E-state index in [-0.39, 0.29) is 5.41 Å². The maximum absolute atomic E-state index is 3.63. The number of aryl methyl sites for hydroxylation is 1. The molecule has 0 saturated carbocycles. The SMILES string of the molecule is C=C/C=C(\C=C)CC.CCc1sc2ccc(C(C)(C)C)cc2c1-c1ccccc1. The van der Waals surface area contributed by atoms with Gasteiger partial charge in [0.25, 0.3) is 0 Å². The number of benzene rings is 2. The predicted molar refractivity (Wildman–Crippen MR) is 134 cm³/mol. The molecule has 1 heterocycles. The minimum atomic E-state index is 0.191. The summed E-state index contributed by atoms with van der Waals surface area (Å²) in [6.45, 7) is 18.4. The molecule has 0 atom stereocenters. The van der Waals surface area contributed by atoms with Gasteiger partial charge in [-0.25, -0.2) is 0 Å². The summed E-state index contributed by atoms with van der Waals surface area (Å²) in [7, 11) is 0. The van der Waals surface area contributed by atoms with Crippen LogP contribution in [-0.4, -0.2) is 0 Å². The maximum Gasteiger partial charge on any atom is 0.0352 e. The standard InChI is InChI=1S/C20H22S.C8H12/c1-5-17-19(14-9-7-6-8-10-14)16-13-15(20(2,3)4)11-12-18(16)21-17;1-4-7-8(5-2)6-3/h6-13H,5H2,1-4H3;4-5,7H,1-2,6H2,3H3/b;8-7+. The molecule has 3 aromatic rings. The van der Waals surface area contributed by atoms with E-state index in [9.17, 15) is 0 Å². The molecular weight excluding hydrogens is 368 g/mol. The van der Waals surface area contributed by atoms with Crippen LogP contribution in [0, 0.1) is 0 Å². The van der Waals surface area contributed by atoms with E-state index in [2.05, 4.69) is 96.3 Å². The van der Waals surface area contributed by atoms with Gasteiger partial charge in [-0.3, -0.25) is 0 Å². The van der Waals surface area contributed by atoms with Gasteiger partial charge in [0.15, 0.2) is 0 Å². The summed E-state index contributed by atoms with van der Waals surface area (Å²) in [5.74, 6) is 0. The average molecular weight is 403 g/mol. The second-order valence-corrected chi connectivity index (χ2v) is 9.25. The fourth-order valence-electron chi connectivity index (χ4n) is 3.27. The summed E-state index contributed by atoms with van der Waals surface area (Å²) in [5, 5.41) is 1.41. The topological polar surface area (TPSA) is 0 Å². The summed E-state index contributed by atoms with van der Waals surface area (Å²) in [4.78, 5) is 1.49. The maximum atomic E-state index is 3.63. The fraction of sp³-hybridized carbons (Fsp3) is 0.286. The molecule has 0 aliphatic carbocycles. The van der Waals surface area contributed by atoms with E-state index in [1.165, 1.54) is 37.2 Å². The van der Waals surface area contributed by atoms with Gasteiger partial charge in [-0.2, -0.15) is 0 Å². The van der Waals surface area contributed by atoms with Crippen molar-refractivity contribution in [3.05, 3.63) is 95.9 Å². The highest BCUT2D eigenvalue weighted by molar-refractivity contribution is 7.19. The van der Waals surface area contributed by atoms with Crippen molar-refractivity contribution in [2.45, 2.75) is 52.9 Å². The van der Waals surface area contributed by atoms with E-state index < -0.39 is 0 Å². The third-order valence-corrected chi connectivity index (χ3v) is 6.33. The molecule has 1 heteroatoms. The Morgan fingerprint density at radius 2 is 1.69 bits per heavy atom. The van der Waals surface area contributed by atoms with Crippen molar-refractivity contribution in [3.8, 4) is 11.1 Å². The van der Waals surface area contributed by atoms with Crippen LogP contribution in [0.1, 0.15) is 51.5 Å². The Balaban J connectivity index is 0.000000321. The summed E-state index contributed by atoms with van der Waals surface area (Å²) in [6, 6.07) is 17.8. The zero-order valence-electron chi connectivity index (χ0n) is 18.6. The van der Waals surface area contributed by atoms with Crippen LogP contribution >= 0.6 is 11.3 Å². The van der Waals surface area contributed by atoms with Gasteiger partial charge in [0.2, 0.25) is 0 Å². The van der Waals surface area contributed by atoms with Crippen LogP contribution in [0.15, 0.2) is 85.5 Å². The van der Waals surface area contributed by atoms with Crippen LogP contribution in [0.2, 0.25) is 0 Å². The van der Waals surface area contributed by atoms with E-state index in [1.54, 1.807) is 6.08 Å². The number of hydrogen-bond acceptors (Lipinski definition) is 1. The van der Waals surface area contributed by atoms with Gasteiger partial charge in [-0.15, -0.1) is 11.3 Å². The summed E-state index contributed by atoms with van der Waals surface area (Å²) >= 11 is 1.94. The monoisotopic (exact) mass is 402 g/mol. The molecule has 0 N–H and O–H groups in total. The average Bonchev–Trinajstić information content (AvgIpc) is 3.10. The molecule has 1 aromatic heterocycles. The minimum absolute atomic E-state index is 0.191. The van der Waals surface area contributed by atoms with Crippen molar-refractivity contribution in [1.82, 2.24) is 0 Å². The van der Waals surface area contributed by atoms with E-state index in [4.69, 9.17) is 0 Å². The summed E-state index contributed by atoms with van der Waals surface area (Å²) in [6.07, 6.45) is 7.72. The van der Waals surface area contributed by atoms with Crippen molar-refractivity contribution in [1.29, 1.82) is 0 Å². The zero-order chi connectivity index (χ0) is 21.4. The number of hydrogen-bond donors (Lipinski definition) is 0. The van der Waals surface area contributed by atoms with Gasteiger partial charge in [0.1, 0.15) is 0 Å². The van der Waals surface area contributed by atoms with Gasteiger partial charge in [-0.1, -0.05) is 102 Å². The Morgan fingerprint density at radius 3 is 2.17 bits per heavy atom. The molecule has 0 amide bonds. The molecule has 29 heavy (non-hydrogen) atoms. The summed E-state index contributed by atoms with van der Waals surface area (Å²) in [5.41, 5.74) is 5.61. The molecule has 0 radical (unpaired) electrons. The van der Waals surface area contributed by atoms with Crippen molar-refractivity contribution < 1.29 is 0 Å². The first-order valence-electron chi connectivity index (χ1n) is 10.4. The van der Waals surface area contributed by atoms with Gasteiger partial charge in [-0.05, 0) is 47.1 Å². The van der Waals surface area contributed by atoms with Crippen LogP contribution in [0.4, 0.5) is 0 Å². The molecule has 0 bridgehead atoms. The normalized spacial score (nSPS) is 11.7. The highest BCUT2D eigenvalue weighted by Crippen LogP contribution is 2.40. The molecule has 0 aliphatic rings. The van der Waals surface area contributed by atoms with Gasteiger partial charge >= 0.3 is 0 Å². The Bertz CT molecular complexity index is 978. The lowest BCUT2D eigenvalue weighted by molar-refractivity contribution is 0.591.